The zero-order valence-corrected chi connectivity index (χ0v) is 15.6. The number of carbonyl (C=O) groups excluding carboxylic acids is 2. The van der Waals surface area contributed by atoms with Crippen molar-refractivity contribution in [2.45, 2.75) is 40.3 Å². The third-order valence-corrected chi connectivity index (χ3v) is 4.30. The Morgan fingerprint density at radius 3 is 2.19 bits per heavy atom. The fourth-order valence-electron chi connectivity index (χ4n) is 2.57. The Morgan fingerprint density at radius 1 is 1.04 bits per heavy atom. The molecule has 0 aliphatic heterocycles. The third-order valence-electron chi connectivity index (χ3n) is 4.30. The van der Waals surface area contributed by atoms with Gasteiger partial charge >= 0.3 is 0 Å². The molecule has 1 N–H and O–H groups in total. The van der Waals surface area contributed by atoms with E-state index in [2.05, 4.69) is 5.32 Å². The third kappa shape index (κ3) is 4.48. The van der Waals surface area contributed by atoms with Crippen LogP contribution in [0.3, 0.4) is 0 Å². The number of nitrogens with one attached hydrogen (secondary N) is 1. The van der Waals surface area contributed by atoms with Crippen molar-refractivity contribution >= 4 is 17.5 Å². The lowest BCUT2D eigenvalue weighted by Crippen LogP contribution is -2.49. The second-order valence-electron chi connectivity index (χ2n) is 7.07. The highest BCUT2D eigenvalue weighted by Gasteiger charge is 2.40. The van der Waals surface area contributed by atoms with Gasteiger partial charge in [-0.25, -0.2) is 4.39 Å². The topological polar surface area (TPSA) is 49.4 Å². The maximum Gasteiger partial charge on any atom is 0.239 e. The number of nitrogens with zero attached hydrogens (tertiary/aromatic N) is 1. The zero-order valence-electron chi connectivity index (χ0n) is 15.6. The number of hydrogen-bond acceptors (Lipinski definition) is 2. The van der Waals surface area contributed by atoms with Crippen molar-refractivity contribution in [2.24, 2.45) is 5.41 Å². The Hall–Kier alpha value is -2.69. The molecule has 0 fully saturated rings. The maximum atomic E-state index is 13.8. The highest BCUT2D eigenvalue weighted by molar-refractivity contribution is 6.09. The van der Waals surface area contributed by atoms with Crippen molar-refractivity contribution < 1.29 is 14.0 Å². The van der Waals surface area contributed by atoms with Gasteiger partial charge in [0.15, 0.2) is 0 Å². The molecule has 0 radical (unpaired) electrons. The molecule has 0 aliphatic carbocycles. The van der Waals surface area contributed by atoms with E-state index in [4.69, 9.17) is 0 Å². The average Bonchev–Trinajstić information content (AvgIpc) is 2.61. The van der Waals surface area contributed by atoms with Crippen LogP contribution >= 0.6 is 0 Å². The fraction of sp³-hybridized carbons (Fsp3) is 0.333. The lowest BCUT2D eigenvalue weighted by atomic mass is 9.89. The van der Waals surface area contributed by atoms with Crippen LogP contribution in [0.1, 0.15) is 33.3 Å². The van der Waals surface area contributed by atoms with Crippen molar-refractivity contribution in [1.82, 2.24) is 4.90 Å². The van der Waals surface area contributed by atoms with E-state index in [0.717, 1.165) is 5.56 Å². The average molecular weight is 356 g/mol. The molecule has 0 aliphatic rings. The Labute approximate surface area is 154 Å². The van der Waals surface area contributed by atoms with Crippen molar-refractivity contribution in [1.29, 1.82) is 0 Å². The largest absolute Gasteiger partial charge is 0.335 e. The molecule has 5 heteroatoms. The maximum absolute atomic E-state index is 13.8. The number of hydrogen-bond donors (Lipinski definition) is 1. The molecule has 0 saturated carbocycles. The Morgan fingerprint density at radius 2 is 1.62 bits per heavy atom. The van der Waals surface area contributed by atoms with Crippen molar-refractivity contribution in [2.75, 3.05) is 5.32 Å². The Bertz CT molecular complexity index is 773. The number of carbonyl (C=O) groups is 2. The van der Waals surface area contributed by atoms with Gasteiger partial charge in [0.2, 0.25) is 11.8 Å². The van der Waals surface area contributed by atoms with Crippen molar-refractivity contribution in [3.05, 3.63) is 66.0 Å². The van der Waals surface area contributed by atoms with Gasteiger partial charge in [-0.05, 0) is 45.4 Å². The second-order valence-corrected chi connectivity index (χ2v) is 7.07. The SMILES string of the molecule is CC(C)N(Cc1ccccc1)C(=O)C(C)(C)C(=O)Nc1ccccc1F. The quantitative estimate of drug-likeness (QED) is 0.788. The first-order valence-electron chi connectivity index (χ1n) is 8.64. The summed E-state index contributed by atoms with van der Waals surface area (Å²) >= 11 is 0. The molecule has 0 heterocycles. The highest BCUT2D eigenvalue weighted by Crippen LogP contribution is 2.25. The molecule has 4 nitrogen and oxygen atoms in total. The Kier molecular flexibility index (Phi) is 6.14. The van der Waals surface area contributed by atoms with Crippen molar-refractivity contribution in [3.8, 4) is 0 Å². The van der Waals surface area contributed by atoms with E-state index in [-0.39, 0.29) is 17.6 Å². The van der Waals surface area contributed by atoms with E-state index in [1.165, 1.54) is 12.1 Å². The van der Waals surface area contributed by atoms with Gasteiger partial charge in [0, 0.05) is 12.6 Å². The summed E-state index contributed by atoms with van der Waals surface area (Å²) in [6, 6.07) is 15.4. The van der Waals surface area contributed by atoms with E-state index < -0.39 is 17.1 Å². The molecule has 26 heavy (non-hydrogen) atoms. The molecule has 2 aromatic rings. The predicted molar refractivity (Wildman–Crippen MR) is 101 cm³/mol. The first kappa shape index (κ1) is 19.6. The van der Waals surface area contributed by atoms with Gasteiger partial charge in [0.05, 0.1) is 5.69 Å². The monoisotopic (exact) mass is 356 g/mol. The van der Waals surface area contributed by atoms with Crippen LogP contribution < -0.4 is 5.32 Å². The highest BCUT2D eigenvalue weighted by atomic mass is 19.1. The summed E-state index contributed by atoms with van der Waals surface area (Å²) < 4.78 is 13.8. The van der Waals surface area contributed by atoms with E-state index >= 15 is 0 Å². The van der Waals surface area contributed by atoms with Gasteiger partial charge in [0.25, 0.3) is 0 Å². The van der Waals surface area contributed by atoms with E-state index in [1.54, 1.807) is 30.9 Å². The molecule has 0 spiro atoms. The molecule has 0 unspecified atom stereocenters. The number of benzene rings is 2. The molecule has 0 bridgehead atoms. The van der Waals surface area contributed by atoms with E-state index in [1.807, 2.05) is 44.2 Å². The van der Waals surface area contributed by atoms with Gasteiger partial charge in [-0.1, -0.05) is 42.5 Å². The van der Waals surface area contributed by atoms with Gasteiger partial charge in [-0.3, -0.25) is 9.59 Å². The Balaban J connectivity index is 2.20. The van der Waals surface area contributed by atoms with Gasteiger partial charge in [-0.2, -0.15) is 0 Å². The number of para-hydroxylation sites is 1. The molecule has 2 amide bonds. The zero-order chi connectivity index (χ0) is 19.3. The van der Waals surface area contributed by atoms with Gasteiger partial charge in [0.1, 0.15) is 11.2 Å². The summed E-state index contributed by atoms with van der Waals surface area (Å²) in [5.41, 5.74) is -0.279. The normalized spacial score (nSPS) is 11.3. The van der Waals surface area contributed by atoms with Crippen LogP contribution in [0.15, 0.2) is 54.6 Å². The van der Waals surface area contributed by atoms with Gasteiger partial charge in [-0.15, -0.1) is 0 Å². The molecule has 2 aromatic carbocycles. The smallest absolute Gasteiger partial charge is 0.239 e. The summed E-state index contributed by atoms with van der Waals surface area (Å²) in [6.45, 7) is 7.35. The van der Waals surface area contributed by atoms with Crippen LogP contribution in [-0.2, 0) is 16.1 Å². The van der Waals surface area contributed by atoms with Crippen LogP contribution in [0.2, 0.25) is 0 Å². The van der Waals surface area contributed by atoms with Crippen LogP contribution in [0.4, 0.5) is 10.1 Å². The fourth-order valence-corrected chi connectivity index (χ4v) is 2.57. The molecule has 138 valence electrons. The number of halogens is 1. The van der Waals surface area contributed by atoms with Crippen molar-refractivity contribution in [3.63, 3.8) is 0 Å². The van der Waals surface area contributed by atoms with Crippen LogP contribution in [0.25, 0.3) is 0 Å². The lowest BCUT2D eigenvalue weighted by Gasteiger charge is -2.34. The first-order chi connectivity index (χ1) is 12.2. The standard InChI is InChI=1S/C21H25FN2O2/c1-15(2)24(14-16-10-6-5-7-11-16)20(26)21(3,4)19(25)23-18-13-9-8-12-17(18)22/h5-13,15H,14H2,1-4H3,(H,23,25). The van der Waals surface area contributed by atoms with Crippen LogP contribution in [-0.4, -0.2) is 22.8 Å². The predicted octanol–water partition coefficient (Wildman–Crippen LogP) is 4.23. The molecule has 2 rings (SSSR count). The molecule has 0 atom stereocenters. The van der Waals surface area contributed by atoms with Crippen LogP contribution in [0, 0.1) is 11.2 Å². The lowest BCUT2D eigenvalue weighted by molar-refractivity contribution is -0.148. The molecule has 0 aromatic heterocycles. The number of rotatable bonds is 6. The minimum Gasteiger partial charge on any atom is -0.335 e. The number of anilines is 1. The molecular formula is C21H25FN2O2. The summed E-state index contributed by atoms with van der Waals surface area (Å²) in [6.07, 6.45) is 0. The second kappa shape index (κ2) is 8.13. The molecular weight excluding hydrogens is 331 g/mol. The van der Waals surface area contributed by atoms with Gasteiger partial charge < -0.3 is 10.2 Å². The summed E-state index contributed by atoms with van der Waals surface area (Å²) in [7, 11) is 0. The minimum atomic E-state index is -1.33. The van der Waals surface area contributed by atoms with E-state index in [9.17, 15) is 14.0 Å². The summed E-state index contributed by atoms with van der Waals surface area (Å²) in [5, 5.41) is 2.53. The van der Waals surface area contributed by atoms with E-state index in [0.29, 0.717) is 6.54 Å². The number of amides is 2. The summed E-state index contributed by atoms with van der Waals surface area (Å²) in [5.74, 6) is -1.37. The molecule has 0 saturated heterocycles. The van der Waals surface area contributed by atoms with Crippen LogP contribution in [0.5, 0.6) is 0 Å². The summed E-state index contributed by atoms with van der Waals surface area (Å²) in [4.78, 5) is 27.4. The minimum absolute atomic E-state index is 0.0672. The first-order valence-corrected chi connectivity index (χ1v) is 8.64.